The molecule has 0 aromatic rings. The van der Waals surface area contributed by atoms with E-state index in [1.807, 2.05) is 32.2 Å². The summed E-state index contributed by atoms with van der Waals surface area (Å²) in [4.78, 5) is 8.90. The second kappa shape index (κ2) is 12.1. The van der Waals surface area contributed by atoms with Crippen LogP contribution in [0.4, 0.5) is 0 Å². The van der Waals surface area contributed by atoms with E-state index in [2.05, 4.69) is 42.1 Å². The lowest BCUT2D eigenvalue weighted by molar-refractivity contribution is 0.559. The molecule has 1 N–H and O–H groups in total. The zero-order valence-corrected chi connectivity index (χ0v) is 17.2. The minimum absolute atomic E-state index is 0.516. The molecule has 0 aliphatic heterocycles. The fourth-order valence-electron chi connectivity index (χ4n) is 3.15. The van der Waals surface area contributed by atoms with Crippen LogP contribution in [0.5, 0.6) is 0 Å². The van der Waals surface area contributed by atoms with Gasteiger partial charge >= 0.3 is 0 Å². The van der Waals surface area contributed by atoms with Crippen LogP contribution in [0, 0.1) is 11.8 Å². The Kier molecular flexibility index (Phi) is 10.5. The van der Waals surface area contributed by atoms with Crippen molar-refractivity contribution < 1.29 is 0 Å². The summed E-state index contributed by atoms with van der Waals surface area (Å²) in [6.45, 7) is 8.63. The monoisotopic (exact) mass is 363 g/mol. The molecule has 0 bridgehead atoms. The van der Waals surface area contributed by atoms with Crippen LogP contribution < -0.4 is 5.32 Å². The average molecular weight is 364 g/mol. The van der Waals surface area contributed by atoms with Crippen molar-refractivity contribution in [2.45, 2.75) is 66.2 Å². The van der Waals surface area contributed by atoms with Gasteiger partial charge in [0.1, 0.15) is 16.8 Å². The molecule has 0 atom stereocenters. The van der Waals surface area contributed by atoms with Gasteiger partial charge < -0.3 is 5.32 Å². The molecule has 1 rings (SSSR count). The summed E-state index contributed by atoms with van der Waals surface area (Å²) in [5.74, 6) is 2.77. The second-order valence-electron chi connectivity index (χ2n) is 6.83. The topological polar surface area (TPSA) is 36.8 Å². The third-order valence-corrected chi connectivity index (χ3v) is 4.69. The van der Waals surface area contributed by atoms with E-state index in [9.17, 15) is 0 Å². The van der Waals surface area contributed by atoms with E-state index >= 15 is 0 Å². The van der Waals surface area contributed by atoms with Gasteiger partial charge in [-0.15, -0.1) is 0 Å². The molecule has 0 spiro atoms. The lowest BCUT2D eigenvalue weighted by Gasteiger charge is -2.19. The zero-order chi connectivity index (χ0) is 18.7. The second-order valence-corrected chi connectivity index (χ2v) is 7.21. The first kappa shape index (κ1) is 21.7. The number of hydrogen-bond donors (Lipinski definition) is 1. The van der Waals surface area contributed by atoms with E-state index in [1.54, 1.807) is 0 Å². The molecule has 0 amide bonds. The number of hydrogen-bond acceptors (Lipinski definition) is 2. The Morgan fingerprint density at radius 3 is 2.44 bits per heavy atom. The Morgan fingerprint density at radius 1 is 1.24 bits per heavy atom. The molecule has 3 nitrogen and oxygen atoms in total. The number of allylic oxidation sites excluding steroid dienone is 3. The zero-order valence-electron chi connectivity index (χ0n) is 16.5. The number of unbranched alkanes of at least 4 members (excludes halogenated alkanes) is 1. The Balaban J connectivity index is 2.99. The normalized spacial score (nSPS) is 18.7. The predicted octanol–water partition coefficient (Wildman–Crippen LogP) is 6.23. The van der Waals surface area contributed by atoms with Crippen molar-refractivity contribution >= 4 is 23.3 Å². The van der Waals surface area contributed by atoms with Gasteiger partial charge in [0.2, 0.25) is 0 Å². The minimum atomic E-state index is 0.516. The molecule has 1 saturated carbocycles. The minimum Gasteiger partial charge on any atom is -0.325 e. The fraction of sp³-hybridized carbons (Fsp3) is 0.619. The maximum Gasteiger partial charge on any atom is 0.132 e. The van der Waals surface area contributed by atoms with Gasteiger partial charge in [-0.25, -0.2) is 4.99 Å². The molecule has 4 heteroatoms. The highest BCUT2D eigenvalue weighted by Gasteiger charge is 2.21. The number of nitrogens with zero attached hydrogens (tertiary/aromatic N) is 2. The van der Waals surface area contributed by atoms with Crippen molar-refractivity contribution in [1.82, 2.24) is 5.32 Å². The van der Waals surface area contributed by atoms with Crippen molar-refractivity contribution in [2.24, 2.45) is 21.8 Å². The summed E-state index contributed by atoms with van der Waals surface area (Å²) in [6.07, 6.45) is 15.3. The summed E-state index contributed by atoms with van der Waals surface area (Å²) in [7, 11) is 1.81. The van der Waals surface area contributed by atoms with E-state index in [0.29, 0.717) is 22.8 Å². The van der Waals surface area contributed by atoms with E-state index in [0.717, 1.165) is 18.7 Å². The Labute approximate surface area is 159 Å². The lowest BCUT2D eigenvalue weighted by atomic mass is 9.88. The van der Waals surface area contributed by atoms with Gasteiger partial charge in [-0.05, 0) is 56.3 Å². The first-order chi connectivity index (χ1) is 12.0. The van der Waals surface area contributed by atoms with Crippen LogP contribution in [0.25, 0.3) is 0 Å². The average Bonchev–Trinajstić information content (AvgIpc) is 3.10. The van der Waals surface area contributed by atoms with E-state index in [-0.39, 0.29) is 0 Å². The van der Waals surface area contributed by atoms with Crippen molar-refractivity contribution in [3.05, 3.63) is 35.0 Å². The van der Waals surface area contributed by atoms with Crippen LogP contribution >= 0.6 is 11.6 Å². The molecule has 0 heterocycles. The first-order valence-corrected chi connectivity index (χ1v) is 9.91. The highest BCUT2D eigenvalue weighted by atomic mass is 35.5. The highest BCUT2D eigenvalue weighted by Crippen LogP contribution is 2.34. The molecular formula is C21H34ClN3. The van der Waals surface area contributed by atoms with Gasteiger partial charge in [0.05, 0.1) is 0 Å². The third kappa shape index (κ3) is 8.04. The maximum absolute atomic E-state index is 6.22. The number of aliphatic imine (C=N–C) groups is 2. The molecule has 1 aliphatic rings. The predicted molar refractivity (Wildman–Crippen MR) is 112 cm³/mol. The number of rotatable bonds is 7. The lowest BCUT2D eigenvalue weighted by Crippen LogP contribution is -2.29. The molecule has 0 aromatic heterocycles. The molecule has 1 fully saturated rings. The Hall–Kier alpha value is -1.35. The van der Waals surface area contributed by atoms with Crippen LogP contribution in [0.1, 0.15) is 66.2 Å². The van der Waals surface area contributed by atoms with Crippen LogP contribution in [-0.2, 0) is 0 Å². The number of halogens is 1. The van der Waals surface area contributed by atoms with Crippen LogP contribution in [0.2, 0.25) is 0 Å². The summed E-state index contributed by atoms with van der Waals surface area (Å²) in [6, 6.07) is 0. The van der Waals surface area contributed by atoms with Crippen LogP contribution in [0.15, 0.2) is 45.0 Å². The van der Waals surface area contributed by atoms with Crippen LogP contribution in [-0.4, -0.2) is 18.7 Å². The summed E-state index contributed by atoms with van der Waals surface area (Å²) in [5.41, 5.74) is 1.48. The molecule has 0 radical (unpaired) electrons. The van der Waals surface area contributed by atoms with Crippen molar-refractivity contribution in [3.63, 3.8) is 0 Å². The SMILES string of the molecule is C\C=C/C(=N\C(Cl)=C\CCC)NC(/C=C(\C(C)C)C1CCCC1)=N/C. The number of amidine groups is 2. The molecule has 25 heavy (non-hydrogen) atoms. The molecule has 0 aromatic carbocycles. The van der Waals surface area contributed by atoms with Crippen LogP contribution in [0.3, 0.4) is 0 Å². The first-order valence-electron chi connectivity index (χ1n) is 9.54. The smallest absolute Gasteiger partial charge is 0.132 e. The highest BCUT2D eigenvalue weighted by molar-refractivity contribution is 6.30. The van der Waals surface area contributed by atoms with Gasteiger partial charge in [0.25, 0.3) is 0 Å². The third-order valence-electron chi connectivity index (χ3n) is 4.45. The van der Waals surface area contributed by atoms with Gasteiger partial charge in [-0.1, -0.05) is 63.3 Å². The molecular weight excluding hydrogens is 330 g/mol. The maximum atomic E-state index is 6.22. The van der Waals surface area contributed by atoms with Crippen molar-refractivity contribution in [3.8, 4) is 0 Å². The van der Waals surface area contributed by atoms with E-state index < -0.39 is 0 Å². The molecule has 1 aliphatic carbocycles. The molecule has 0 saturated heterocycles. The standard InChI is InChI=1S/C21H34ClN3/c1-6-8-14-19(22)24-20(11-7-2)25-21(23-5)15-18(16(3)4)17-12-9-10-13-17/h7,11,14-17H,6,8-10,12-13H2,1-5H3,(H,23,24,25)/b11-7-,18-15+,19-14+. The number of nitrogens with one attached hydrogen (secondary N) is 1. The Bertz CT molecular complexity index is 547. The fourth-order valence-corrected chi connectivity index (χ4v) is 3.35. The molecule has 140 valence electrons. The van der Waals surface area contributed by atoms with Crippen molar-refractivity contribution in [2.75, 3.05) is 7.05 Å². The van der Waals surface area contributed by atoms with Crippen molar-refractivity contribution in [1.29, 1.82) is 0 Å². The van der Waals surface area contributed by atoms with Gasteiger partial charge in [0, 0.05) is 7.05 Å². The summed E-state index contributed by atoms with van der Waals surface area (Å²) >= 11 is 6.22. The largest absolute Gasteiger partial charge is 0.325 e. The van der Waals surface area contributed by atoms with Gasteiger partial charge in [-0.3, -0.25) is 4.99 Å². The summed E-state index contributed by atoms with van der Waals surface area (Å²) < 4.78 is 0. The molecule has 0 unspecified atom stereocenters. The van der Waals surface area contributed by atoms with Gasteiger partial charge in [0.15, 0.2) is 0 Å². The quantitative estimate of drug-likeness (QED) is 0.325. The Morgan fingerprint density at radius 2 is 1.92 bits per heavy atom. The van der Waals surface area contributed by atoms with E-state index in [4.69, 9.17) is 11.6 Å². The summed E-state index contributed by atoms with van der Waals surface area (Å²) in [5, 5.41) is 3.85. The van der Waals surface area contributed by atoms with E-state index in [1.165, 1.54) is 31.3 Å². The van der Waals surface area contributed by atoms with Gasteiger partial charge in [-0.2, -0.15) is 0 Å².